The molecule has 7 heteroatoms. The second-order valence-corrected chi connectivity index (χ2v) is 6.27. The van der Waals surface area contributed by atoms with Gasteiger partial charge in [-0.15, -0.1) is 24.0 Å². The number of rotatable bonds is 9. The predicted octanol–water partition coefficient (Wildman–Crippen LogP) is 2.87. The Balaban J connectivity index is 0.00000576. The zero-order valence-electron chi connectivity index (χ0n) is 15.5. The lowest BCUT2D eigenvalue weighted by atomic mass is 10.2. The molecule has 0 aliphatic rings. The Morgan fingerprint density at radius 2 is 2.08 bits per heavy atom. The first-order chi connectivity index (χ1) is 11.4. The van der Waals surface area contributed by atoms with Crippen LogP contribution in [0.2, 0.25) is 0 Å². The number of ether oxygens (including phenoxy) is 1. The molecule has 0 fully saturated rings. The van der Waals surface area contributed by atoms with E-state index in [1.165, 1.54) is 12.1 Å². The number of halogens is 2. The van der Waals surface area contributed by atoms with Crippen molar-refractivity contribution in [2.75, 3.05) is 33.4 Å². The minimum Gasteiger partial charge on any atom is -0.389 e. The highest BCUT2D eigenvalue weighted by molar-refractivity contribution is 14.0. The number of nitrogens with one attached hydrogen (secondary N) is 1. The molecular formula is C18H31FIN3O2. The lowest BCUT2D eigenvalue weighted by molar-refractivity contribution is 0.0300. The van der Waals surface area contributed by atoms with Crippen molar-refractivity contribution in [3.8, 4) is 0 Å². The number of hydrogen-bond acceptors (Lipinski definition) is 3. The summed E-state index contributed by atoms with van der Waals surface area (Å²) in [6.07, 6.45) is -0.639. The largest absolute Gasteiger partial charge is 0.389 e. The van der Waals surface area contributed by atoms with Crippen LogP contribution in [0.5, 0.6) is 0 Å². The first-order valence-corrected chi connectivity index (χ1v) is 8.42. The molecule has 0 radical (unpaired) electrons. The van der Waals surface area contributed by atoms with E-state index in [0.29, 0.717) is 31.6 Å². The lowest BCUT2D eigenvalue weighted by Gasteiger charge is -2.22. The van der Waals surface area contributed by atoms with E-state index in [9.17, 15) is 9.50 Å². The van der Waals surface area contributed by atoms with E-state index in [1.807, 2.05) is 24.9 Å². The van der Waals surface area contributed by atoms with Crippen LogP contribution in [-0.2, 0) is 11.3 Å². The fourth-order valence-corrected chi connectivity index (χ4v) is 2.14. The van der Waals surface area contributed by atoms with Crippen LogP contribution >= 0.6 is 24.0 Å². The molecule has 1 rings (SSSR count). The molecule has 1 unspecified atom stereocenters. The quantitative estimate of drug-likeness (QED) is 0.333. The van der Waals surface area contributed by atoms with Crippen molar-refractivity contribution in [3.63, 3.8) is 0 Å². The van der Waals surface area contributed by atoms with E-state index >= 15 is 0 Å². The van der Waals surface area contributed by atoms with Crippen molar-refractivity contribution in [1.29, 1.82) is 0 Å². The summed E-state index contributed by atoms with van der Waals surface area (Å²) in [5.41, 5.74) is 0.865. The van der Waals surface area contributed by atoms with Crippen LogP contribution in [0.1, 0.15) is 26.3 Å². The topological polar surface area (TPSA) is 57.1 Å². The Morgan fingerprint density at radius 1 is 1.36 bits per heavy atom. The minimum atomic E-state index is -0.639. The fraction of sp³-hybridized carbons (Fsp3) is 0.611. The Labute approximate surface area is 167 Å². The molecule has 0 aromatic heterocycles. The molecule has 0 amide bonds. The lowest BCUT2D eigenvalue weighted by Crippen LogP contribution is -2.39. The van der Waals surface area contributed by atoms with Crippen molar-refractivity contribution in [1.82, 2.24) is 10.2 Å². The predicted molar refractivity (Wildman–Crippen MR) is 111 cm³/mol. The highest BCUT2D eigenvalue weighted by Crippen LogP contribution is 2.06. The number of guanidine groups is 1. The Bertz CT molecular complexity index is 515. The molecule has 1 aromatic rings. The number of aliphatic imine (C=N–C) groups is 1. The smallest absolute Gasteiger partial charge is 0.194 e. The summed E-state index contributed by atoms with van der Waals surface area (Å²) in [5, 5.41) is 13.1. The third-order valence-electron chi connectivity index (χ3n) is 3.22. The van der Waals surface area contributed by atoms with Crippen LogP contribution in [0.15, 0.2) is 29.3 Å². The number of aliphatic hydroxyl groups is 1. The average molecular weight is 467 g/mol. The van der Waals surface area contributed by atoms with Crippen LogP contribution in [0, 0.1) is 11.7 Å². The first-order valence-electron chi connectivity index (χ1n) is 8.42. The fourth-order valence-electron chi connectivity index (χ4n) is 2.14. The van der Waals surface area contributed by atoms with Gasteiger partial charge in [0.15, 0.2) is 5.96 Å². The molecule has 144 valence electrons. The van der Waals surface area contributed by atoms with Gasteiger partial charge in [-0.2, -0.15) is 0 Å². The van der Waals surface area contributed by atoms with E-state index in [4.69, 9.17) is 4.74 Å². The van der Waals surface area contributed by atoms with Gasteiger partial charge in [-0.3, -0.25) is 4.99 Å². The molecule has 5 nitrogen and oxygen atoms in total. The van der Waals surface area contributed by atoms with Gasteiger partial charge < -0.3 is 20.1 Å². The second-order valence-electron chi connectivity index (χ2n) is 6.27. The van der Waals surface area contributed by atoms with Gasteiger partial charge in [0.1, 0.15) is 5.82 Å². The normalized spacial score (nSPS) is 12.7. The third kappa shape index (κ3) is 10.6. The van der Waals surface area contributed by atoms with Gasteiger partial charge in [0.25, 0.3) is 0 Å². The monoisotopic (exact) mass is 467 g/mol. The summed E-state index contributed by atoms with van der Waals surface area (Å²) in [7, 11) is 1.88. The molecule has 0 aliphatic heterocycles. The van der Waals surface area contributed by atoms with Gasteiger partial charge in [-0.1, -0.05) is 26.0 Å². The molecule has 1 aromatic carbocycles. The highest BCUT2D eigenvalue weighted by Gasteiger charge is 2.09. The molecule has 0 bridgehead atoms. The zero-order chi connectivity index (χ0) is 17.9. The van der Waals surface area contributed by atoms with Gasteiger partial charge in [0, 0.05) is 26.7 Å². The van der Waals surface area contributed by atoms with Crippen molar-refractivity contribution in [2.24, 2.45) is 10.9 Å². The average Bonchev–Trinajstić information content (AvgIpc) is 2.51. The number of hydrogen-bond donors (Lipinski definition) is 2. The van der Waals surface area contributed by atoms with E-state index < -0.39 is 6.10 Å². The Kier molecular flexibility index (Phi) is 12.8. The Morgan fingerprint density at radius 3 is 2.68 bits per heavy atom. The zero-order valence-corrected chi connectivity index (χ0v) is 17.9. The molecule has 0 heterocycles. The van der Waals surface area contributed by atoms with E-state index in [0.717, 1.165) is 5.56 Å². The maximum atomic E-state index is 13.3. The SMILES string of the molecule is CCNC(=NCC(O)COCC(C)C)N(C)Cc1cccc(F)c1.I. The minimum absolute atomic E-state index is 0. The van der Waals surface area contributed by atoms with E-state index in [-0.39, 0.29) is 42.9 Å². The van der Waals surface area contributed by atoms with Crippen LogP contribution in [0.4, 0.5) is 4.39 Å². The van der Waals surface area contributed by atoms with E-state index in [1.54, 1.807) is 6.07 Å². The summed E-state index contributed by atoms with van der Waals surface area (Å²) in [6, 6.07) is 6.50. The van der Waals surface area contributed by atoms with Crippen LogP contribution in [0.25, 0.3) is 0 Å². The van der Waals surface area contributed by atoms with Crippen molar-refractivity contribution >= 4 is 29.9 Å². The summed E-state index contributed by atoms with van der Waals surface area (Å²) in [5.74, 6) is 0.862. The van der Waals surface area contributed by atoms with Crippen LogP contribution in [0.3, 0.4) is 0 Å². The van der Waals surface area contributed by atoms with Crippen molar-refractivity contribution in [3.05, 3.63) is 35.6 Å². The van der Waals surface area contributed by atoms with Gasteiger partial charge in [0.05, 0.1) is 19.3 Å². The summed E-state index contributed by atoms with van der Waals surface area (Å²) < 4.78 is 18.7. The summed E-state index contributed by atoms with van der Waals surface area (Å²) >= 11 is 0. The van der Waals surface area contributed by atoms with Crippen molar-refractivity contribution < 1.29 is 14.2 Å². The highest BCUT2D eigenvalue weighted by atomic mass is 127. The van der Waals surface area contributed by atoms with Crippen molar-refractivity contribution in [2.45, 2.75) is 33.4 Å². The molecule has 0 saturated carbocycles. The van der Waals surface area contributed by atoms with E-state index in [2.05, 4.69) is 24.2 Å². The standard InChI is InChI=1S/C18H30FN3O2.HI/c1-5-20-18(21-10-17(23)13-24-12-14(2)3)22(4)11-15-7-6-8-16(19)9-15;/h6-9,14,17,23H,5,10-13H2,1-4H3,(H,20,21);1H. The first kappa shape index (κ1) is 24.1. The molecule has 0 aliphatic carbocycles. The number of benzene rings is 1. The summed E-state index contributed by atoms with van der Waals surface area (Å²) in [4.78, 5) is 6.34. The molecular weight excluding hydrogens is 436 g/mol. The van der Waals surface area contributed by atoms with Gasteiger partial charge >= 0.3 is 0 Å². The van der Waals surface area contributed by atoms with Crippen LogP contribution < -0.4 is 5.32 Å². The van der Waals surface area contributed by atoms with Gasteiger partial charge in [-0.05, 0) is 30.5 Å². The molecule has 25 heavy (non-hydrogen) atoms. The maximum absolute atomic E-state index is 13.3. The maximum Gasteiger partial charge on any atom is 0.194 e. The summed E-state index contributed by atoms with van der Waals surface area (Å²) in [6.45, 7) is 8.51. The van der Waals surface area contributed by atoms with Gasteiger partial charge in [0.2, 0.25) is 0 Å². The number of aliphatic hydroxyl groups excluding tert-OH is 1. The molecule has 0 spiro atoms. The third-order valence-corrected chi connectivity index (χ3v) is 3.22. The van der Waals surface area contributed by atoms with Crippen LogP contribution in [-0.4, -0.2) is 55.4 Å². The molecule has 0 saturated heterocycles. The molecule has 1 atom stereocenters. The second kappa shape index (κ2) is 13.3. The van der Waals surface area contributed by atoms with Gasteiger partial charge in [-0.25, -0.2) is 4.39 Å². The molecule has 2 N–H and O–H groups in total. The number of nitrogens with zero attached hydrogens (tertiary/aromatic N) is 2. The Hall–Kier alpha value is -0.930.